The number of aryl methyl sites for hydroxylation is 1. The van der Waals surface area contributed by atoms with E-state index in [9.17, 15) is 4.79 Å². The van der Waals surface area contributed by atoms with Gasteiger partial charge in [0.15, 0.2) is 0 Å². The molecule has 32 heavy (non-hydrogen) atoms. The molecular weight excluding hydrogens is 488 g/mol. The van der Waals surface area contributed by atoms with Crippen molar-refractivity contribution in [3.05, 3.63) is 98.6 Å². The van der Waals surface area contributed by atoms with Crippen molar-refractivity contribution in [2.75, 3.05) is 5.32 Å². The van der Waals surface area contributed by atoms with Crippen LogP contribution < -0.4 is 10.7 Å². The van der Waals surface area contributed by atoms with Gasteiger partial charge in [-0.3, -0.25) is 0 Å². The van der Waals surface area contributed by atoms with Crippen LogP contribution in [0.15, 0.2) is 76.3 Å². The van der Waals surface area contributed by atoms with Gasteiger partial charge in [-0.15, -0.1) is 0 Å². The van der Waals surface area contributed by atoms with Crippen LogP contribution in [0.5, 0.6) is 0 Å². The molecule has 0 aliphatic rings. The summed E-state index contributed by atoms with van der Waals surface area (Å²) in [6.07, 6.45) is 1.70. The lowest BCUT2D eigenvalue weighted by Crippen LogP contribution is -2.24. The molecule has 0 saturated carbocycles. The fraction of sp³-hybridized carbons (Fsp3) is 0.120. The molecule has 1 aromatic heterocycles. The van der Waals surface area contributed by atoms with Crippen molar-refractivity contribution in [2.24, 2.45) is 5.10 Å². The van der Waals surface area contributed by atoms with E-state index in [1.807, 2.05) is 61.5 Å². The van der Waals surface area contributed by atoms with Crippen molar-refractivity contribution >= 4 is 56.4 Å². The van der Waals surface area contributed by atoms with Gasteiger partial charge in [0.1, 0.15) is 0 Å². The first-order chi connectivity index (χ1) is 15.4. The molecule has 3 aromatic carbocycles. The molecule has 0 radical (unpaired) electrons. The molecule has 5 nitrogen and oxygen atoms in total. The minimum absolute atomic E-state index is 0.398. The Morgan fingerprint density at radius 3 is 2.59 bits per heavy atom. The Labute approximate surface area is 200 Å². The number of hydrogen-bond acceptors (Lipinski definition) is 2. The Balaban J connectivity index is 1.54. The van der Waals surface area contributed by atoms with Crippen LogP contribution in [0, 0.1) is 13.8 Å². The molecular formula is C25H22BrClN4O. The maximum absolute atomic E-state index is 12.3. The van der Waals surface area contributed by atoms with Crippen LogP contribution in [0.25, 0.3) is 10.9 Å². The molecule has 0 unspecified atom stereocenters. The van der Waals surface area contributed by atoms with E-state index in [4.69, 9.17) is 11.6 Å². The Hall–Kier alpha value is -3.09. The SMILES string of the molecule is Cc1cc(NC(=O)N/N=C/c2c(C)n(Cc3ccc(Cl)cc3)c3ccccc23)ccc1Br. The summed E-state index contributed by atoms with van der Waals surface area (Å²) >= 11 is 9.48. The van der Waals surface area contributed by atoms with E-state index < -0.39 is 6.03 Å². The van der Waals surface area contributed by atoms with E-state index >= 15 is 0 Å². The molecule has 4 rings (SSSR count). The molecule has 0 aliphatic heterocycles. The van der Waals surface area contributed by atoms with E-state index in [1.54, 1.807) is 6.21 Å². The Morgan fingerprint density at radius 2 is 1.84 bits per heavy atom. The van der Waals surface area contributed by atoms with E-state index in [0.717, 1.165) is 42.8 Å². The molecule has 0 atom stereocenters. The maximum Gasteiger partial charge on any atom is 0.339 e. The third-order valence-electron chi connectivity index (χ3n) is 5.31. The second-order valence-electron chi connectivity index (χ2n) is 7.52. The van der Waals surface area contributed by atoms with Gasteiger partial charge in [-0.05, 0) is 61.4 Å². The predicted octanol–water partition coefficient (Wildman–Crippen LogP) is 6.88. The van der Waals surface area contributed by atoms with Gasteiger partial charge in [-0.1, -0.05) is 57.9 Å². The average molecular weight is 510 g/mol. The van der Waals surface area contributed by atoms with Crippen molar-refractivity contribution in [2.45, 2.75) is 20.4 Å². The van der Waals surface area contributed by atoms with Gasteiger partial charge in [0.2, 0.25) is 0 Å². The van der Waals surface area contributed by atoms with Gasteiger partial charge in [0.05, 0.1) is 6.21 Å². The number of halogens is 2. The summed E-state index contributed by atoms with van der Waals surface area (Å²) in [5.41, 5.74) is 8.59. The van der Waals surface area contributed by atoms with Crippen molar-refractivity contribution in [1.82, 2.24) is 9.99 Å². The number of urea groups is 1. The molecule has 2 N–H and O–H groups in total. The van der Waals surface area contributed by atoms with E-state index in [-0.39, 0.29) is 0 Å². The van der Waals surface area contributed by atoms with Crippen molar-refractivity contribution in [3.8, 4) is 0 Å². The lowest BCUT2D eigenvalue weighted by molar-refractivity contribution is 0.252. The number of rotatable bonds is 5. The van der Waals surface area contributed by atoms with Gasteiger partial charge in [0.25, 0.3) is 0 Å². The molecule has 1 heterocycles. The number of nitrogens with one attached hydrogen (secondary N) is 2. The van der Waals surface area contributed by atoms with Crippen molar-refractivity contribution < 1.29 is 4.79 Å². The first-order valence-corrected chi connectivity index (χ1v) is 11.3. The molecule has 0 bridgehead atoms. The lowest BCUT2D eigenvalue weighted by Gasteiger charge is -2.09. The van der Waals surface area contributed by atoms with Crippen LogP contribution >= 0.6 is 27.5 Å². The van der Waals surface area contributed by atoms with E-state index in [1.165, 1.54) is 0 Å². The Kier molecular flexibility index (Phi) is 6.63. The summed E-state index contributed by atoms with van der Waals surface area (Å²) in [7, 11) is 0. The summed E-state index contributed by atoms with van der Waals surface area (Å²) in [6, 6.07) is 21.2. The monoisotopic (exact) mass is 508 g/mol. The fourth-order valence-corrected chi connectivity index (χ4v) is 4.01. The van der Waals surface area contributed by atoms with Crippen LogP contribution in [0.3, 0.4) is 0 Å². The number of fused-ring (bicyclic) bond motifs is 1. The second kappa shape index (κ2) is 9.59. The number of carbonyl (C=O) groups is 1. The smallest absolute Gasteiger partial charge is 0.339 e. The maximum atomic E-state index is 12.3. The zero-order valence-corrected chi connectivity index (χ0v) is 20.0. The molecule has 162 valence electrons. The summed E-state index contributed by atoms with van der Waals surface area (Å²) in [5, 5.41) is 8.78. The molecule has 0 saturated heterocycles. The van der Waals surface area contributed by atoms with Crippen molar-refractivity contribution in [1.29, 1.82) is 0 Å². The predicted molar refractivity (Wildman–Crippen MR) is 136 cm³/mol. The molecule has 0 fully saturated rings. The molecule has 0 aliphatic carbocycles. The van der Waals surface area contributed by atoms with E-state index in [0.29, 0.717) is 12.2 Å². The second-order valence-corrected chi connectivity index (χ2v) is 8.81. The van der Waals surface area contributed by atoms with Gasteiger partial charge in [-0.25, -0.2) is 10.2 Å². The first kappa shape index (κ1) is 22.1. The first-order valence-electron chi connectivity index (χ1n) is 10.1. The van der Waals surface area contributed by atoms with Crippen LogP contribution in [0.1, 0.15) is 22.4 Å². The van der Waals surface area contributed by atoms with Crippen molar-refractivity contribution in [3.63, 3.8) is 0 Å². The van der Waals surface area contributed by atoms with E-state index in [2.05, 4.69) is 55.4 Å². The third kappa shape index (κ3) is 4.87. The summed E-state index contributed by atoms with van der Waals surface area (Å²) in [6.45, 7) is 4.74. The number of nitrogens with zero attached hydrogens (tertiary/aromatic N) is 2. The number of carbonyl (C=O) groups excluding carboxylic acids is 1. The van der Waals surface area contributed by atoms with Crippen LogP contribution in [0.2, 0.25) is 5.02 Å². The number of aromatic nitrogens is 1. The molecule has 4 aromatic rings. The number of anilines is 1. The molecule has 7 heteroatoms. The number of amides is 2. The molecule has 0 spiro atoms. The van der Waals surface area contributed by atoms with Gasteiger partial charge < -0.3 is 9.88 Å². The Morgan fingerprint density at radius 1 is 1.09 bits per heavy atom. The summed E-state index contributed by atoms with van der Waals surface area (Å²) in [4.78, 5) is 12.3. The normalized spacial score (nSPS) is 11.2. The Bertz CT molecular complexity index is 1310. The number of hydrogen-bond donors (Lipinski definition) is 2. The van der Waals surface area contributed by atoms with Crippen LogP contribution in [0.4, 0.5) is 10.5 Å². The number of para-hydroxylation sites is 1. The van der Waals surface area contributed by atoms with Crippen LogP contribution in [-0.4, -0.2) is 16.8 Å². The minimum atomic E-state index is -0.398. The zero-order chi connectivity index (χ0) is 22.7. The summed E-state index contributed by atoms with van der Waals surface area (Å²) in [5.74, 6) is 0. The minimum Gasteiger partial charge on any atom is -0.340 e. The number of benzene rings is 3. The average Bonchev–Trinajstić information content (AvgIpc) is 3.04. The standard InChI is InChI=1S/C25H22BrClN4O/c1-16-13-20(11-12-23(16)26)29-25(32)30-28-14-22-17(2)31(24-6-4-3-5-21(22)24)15-18-7-9-19(27)10-8-18/h3-14H,15H2,1-2H3,(H2,29,30,32)/b28-14+. The largest absolute Gasteiger partial charge is 0.340 e. The summed E-state index contributed by atoms with van der Waals surface area (Å²) < 4.78 is 3.23. The molecule has 2 amide bonds. The zero-order valence-electron chi connectivity index (χ0n) is 17.7. The van der Waals surface area contributed by atoms with Crippen LogP contribution in [-0.2, 0) is 6.54 Å². The fourth-order valence-electron chi connectivity index (χ4n) is 3.63. The van der Waals surface area contributed by atoms with Gasteiger partial charge >= 0.3 is 6.03 Å². The van der Waals surface area contributed by atoms with Gasteiger partial charge in [0, 0.05) is 43.9 Å². The highest BCUT2D eigenvalue weighted by Crippen LogP contribution is 2.26. The highest BCUT2D eigenvalue weighted by atomic mass is 79.9. The lowest BCUT2D eigenvalue weighted by atomic mass is 10.1. The topological polar surface area (TPSA) is 58.4 Å². The third-order valence-corrected chi connectivity index (χ3v) is 6.45. The highest BCUT2D eigenvalue weighted by molar-refractivity contribution is 9.10. The number of hydrazone groups is 1. The van der Waals surface area contributed by atoms with Gasteiger partial charge in [-0.2, -0.15) is 5.10 Å². The quantitative estimate of drug-likeness (QED) is 0.224. The highest BCUT2D eigenvalue weighted by Gasteiger charge is 2.13.